The number of nitrogens with zero attached hydrogens (tertiary/aromatic N) is 1. The van der Waals surface area contributed by atoms with Crippen LogP contribution < -0.4 is 0 Å². The molecule has 22 heavy (non-hydrogen) atoms. The number of hydrogen-bond donors (Lipinski definition) is 2. The van der Waals surface area contributed by atoms with Gasteiger partial charge in [-0.1, -0.05) is 60.7 Å². The number of benzene rings is 2. The normalized spacial score (nSPS) is 11.8. The molecule has 0 bridgehead atoms. The van der Waals surface area contributed by atoms with Crippen molar-refractivity contribution in [3.63, 3.8) is 0 Å². The minimum Gasteiger partial charge on any atom is -0.395 e. The summed E-state index contributed by atoms with van der Waals surface area (Å²) in [6.45, 7) is 0.596. The first-order valence-corrected chi connectivity index (χ1v) is 7.45. The summed E-state index contributed by atoms with van der Waals surface area (Å²) in [4.78, 5) is 1.74. The van der Waals surface area contributed by atoms with Gasteiger partial charge in [0.2, 0.25) is 0 Å². The summed E-state index contributed by atoms with van der Waals surface area (Å²) < 4.78 is 15.9. The summed E-state index contributed by atoms with van der Waals surface area (Å²) in [6, 6.07) is 18.0. The predicted octanol–water partition coefficient (Wildman–Crippen LogP) is 2.19. The van der Waals surface area contributed by atoms with Gasteiger partial charge < -0.3 is 10.2 Å². The molecular weight excluding hydrogens is 281 g/mol. The topological polar surface area (TPSA) is 43.7 Å². The van der Waals surface area contributed by atoms with Crippen molar-refractivity contribution in [1.82, 2.24) is 4.90 Å². The molecule has 0 aliphatic rings. The van der Waals surface area contributed by atoms with E-state index in [-0.39, 0.29) is 19.8 Å². The van der Waals surface area contributed by atoms with E-state index in [1.807, 2.05) is 36.4 Å². The highest BCUT2D eigenvalue weighted by Crippen LogP contribution is 2.34. The fourth-order valence-corrected chi connectivity index (χ4v) is 2.61. The maximum atomic E-state index is 15.9. The van der Waals surface area contributed by atoms with Crippen LogP contribution in [-0.2, 0) is 5.67 Å². The van der Waals surface area contributed by atoms with E-state index in [0.717, 1.165) is 0 Å². The lowest BCUT2D eigenvalue weighted by atomic mass is 9.87. The molecule has 0 atom stereocenters. The molecular formula is C18H22FNO2. The van der Waals surface area contributed by atoms with Crippen molar-refractivity contribution in [3.05, 3.63) is 71.8 Å². The number of hydrogen-bond acceptors (Lipinski definition) is 3. The molecule has 2 N–H and O–H groups in total. The maximum Gasteiger partial charge on any atom is 0.173 e. The SMILES string of the molecule is OCCN(CCO)CC(F)(c1ccccc1)c1ccccc1. The van der Waals surface area contributed by atoms with Crippen molar-refractivity contribution in [2.75, 3.05) is 32.8 Å². The van der Waals surface area contributed by atoms with Gasteiger partial charge in [-0.15, -0.1) is 0 Å². The molecule has 0 spiro atoms. The second-order valence-corrected chi connectivity index (χ2v) is 5.26. The Hall–Kier alpha value is -1.75. The Balaban J connectivity index is 2.37. The Bertz CT molecular complexity index is 502. The Kier molecular flexibility index (Phi) is 6.07. The average Bonchev–Trinajstić information content (AvgIpc) is 2.57. The number of rotatable bonds is 8. The van der Waals surface area contributed by atoms with E-state index < -0.39 is 5.67 Å². The minimum atomic E-state index is -1.69. The monoisotopic (exact) mass is 303 g/mol. The van der Waals surface area contributed by atoms with Gasteiger partial charge in [0.05, 0.1) is 13.2 Å². The minimum absolute atomic E-state index is 0.0698. The highest BCUT2D eigenvalue weighted by Gasteiger charge is 2.35. The number of halogens is 1. The lowest BCUT2D eigenvalue weighted by Gasteiger charge is -2.32. The van der Waals surface area contributed by atoms with Crippen LogP contribution in [-0.4, -0.2) is 48.0 Å². The predicted molar refractivity (Wildman–Crippen MR) is 85.4 cm³/mol. The van der Waals surface area contributed by atoms with Crippen LogP contribution in [0.1, 0.15) is 11.1 Å². The van der Waals surface area contributed by atoms with Gasteiger partial charge in [0.1, 0.15) is 0 Å². The molecule has 4 heteroatoms. The molecule has 0 aliphatic heterocycles. The molecule has 0 saturated heterocycles. The van der Waals surface area contributed by atoms with E-state index in [4.69, 9.17) is 10.2 Å². The standard InChI is InChI=1S/C18H22FNO2/c19-18(16-7-3-1-4-8-16,17-9-5-2-6-10-17)15-20(11-13-21)12-14-22/h1-10,21-22H,11-15H2. The molecule has 2 aromatic carbocycles. The van der Waals surface area contributed by atoms with Crippen LogP contribution >= 0.6 is 0 Å². The summed E-state index contributed by atoms with van der Waals surface area (Å²) in [5.74, 6) is 0. The zero-order chi connectivity index (χ0) is 15.8. The molecule has 3 nitrogen and oxygen atoms in total. The smallest absolute Gasteiger partial charge is 0.173 e. The third-order valence-electron chi connectivity index (χ3n) is 3.74. The first kappa shape index (κ1) is 16.6. The third kappa shape index (κ3) is 3.91. The van der Waals surface area contributed by atoms with Crippen LogP contribution in [0.25, 0.3) is 0 Å². The zero-order valence-electron chi connectivity index (χ0n) is 12.5. The van der Waals surface area contributed by atoms with E-state index in [2.05, 4.69) is 0 Å². The molecule has 0 amide bonds. The molecule has 2 rings (SSSR count). The highest BCUT2D eigenvalue weighted by atomic mass is 19.1. The van der Waals surface area contributed by atoms with Gasteiger partial charge in [0.25, 0.3) is 0 Å². The summed E-state index contributed by atoms with van der Waals surface area (Å²) in [5.41, 5.74) is -0.545. The van der Waals surface area contributed by atoms with Crippen molar-refractivity contribution in [1.29, 1.82) is 0 Å². The van der Waals surface area contributed by atoms with Gasteiger partial charge in [-0.3, -0.25) is 4.90 Å². The largest absolute Gasteiger partial charge is 0.395 e. The van der Waals surface area contributed by atoms with E-state index >= 15 is 4.39 Å². The van der Waals surface area contributed by atoms with Gasteiger partial charge in [-0.25, -0.2) is 4.39 Å². The number of aliphatic hydroxyl groups is 2. The Morgan fingerprint density at radius 3 is 1.55 bits per heavy atom. The van der Waals surface area contributed by atoms with Crippen molar-refractivity contribution in [3.8, 4) is 0 Å². The number of alkyl halides is 1. The summed E-state index contributed by atoms with van der Waals surface area (Å²) in [6.07, 6.45) is 0. The van der Waals surface area contributed by atoms with Crippen molar-refractivity contribution < 1.29 is 14.6 Å². The second-order valence-electron chi connectivity index (χ2n) is 5.26. The van der Waals surface area contributed by atoms with E-state index in [9.17, 15) is 0 Å². The Labute approximate surface area is 130 Å². The first-order valence-electron chi connectivity index (χ1n) is 7.45. The van der Waals surface area contributed by atoms with Gasteiger partial charge in [0.15, 0.2) is 5.67 Å². The molecule has 118 valence electrons. The Morgan fingerprint density at radius 1 is 0.773 bits per heavy atom. The molecule has 0 aromatic heterocycles. The average molecular weight is 303 g/mol. The van der Waals surface area contributed by atoms with E-state index in [1.54, 1.807) is 29.2 Å². The lowest BCUT2D eigenvalue weighted by Crippen LogP contribution is -2.41. The molecule has 0 saturated carbocycles. The maximum absolute atomic E-state index is 15.9. The van der Waals surface area contributed by atoms with Gasteiger partial charge >= 0.3 is 0 Å². The van der Waals surface area contributed by atoms with Crippen molar-refractivity contribution >= 4 is 0 Å². The van der Waals surface area contributed by atoms with Crippen LogP contribution in [0.3, 0.4) is 0 Å². The zero-order valence-corrected chi connectivity index (χ0v) is 12.5. The van der Waals surface area contributed by atoms with Crippen LogP contribution in [0.4, 0.5) is 4.39 Å². The van der Waals surface area contributed by atoms with E-state index in [1.165, 1.54) is 0 Å². The molecule has 2 aromatic rings. The first-order chi connectivity index (χ1) is 10.7. The van der Waals surface area contributed by atoms with Gasteiger partial charge in [-0.2, -0.15) is 0 Å². The van der Waals surface area contributed by atoms with Gasteiger partial charge in [-0.05, 0) is 11.1 Å². The fraction of sp³-hybridized carbons (Fsp3) is 0.333. The van der Waals surface area contributed by atoms with Crippen molar-refractivity contribution in [2.45, 2.75) is 5.67 Å². The molecule has 0 aliphatic carbocycles. The lowest BCUT2D eigenvalue weighted by molar-refractivity contribution is 0.0933. The quantitative estimate of drug-likeness (QED) is 0.785. The van der Waals surface area contributed by atoms with E-state index in [0.29, 0.717) is 24.2 Å². The van der Waals surface area contributed by atoms with Crippen LogP contribution in [0.2, 0.25) is 0 Å². The summed E-state index contributed by atoms with van der Waals surface area (Å²) in [5, 5.41) is 18.3. The summed E-state index contributed by atoms with van der Waals surface area (Å²) >= 11 is 0. The second kappa shape index (κ2) is 8.03. The van der Waals surface area contributed by atoms with Crippen molar-refractivity contribution in [2.24, 2.45) is 0 Å². The van der Waals surface area contributed by atoms with Crippen LogP contribution in [0.5, 0.6) is 0 Å². The molecule has 0 fully saturated rings. The fourth-order valence-electron chi connectivity index (χ4n) is 2.61. The Morgan fingerprint density at radius 2 is 1.18 bits per heavy atom. The van der Waals surface area contributed by atoms with Crippen LogP contribution in [0, 0.1) is 0 Å². The van der Waals surface area contributed by atoms with Gasteiger partial charge in [0, 0.05) is 19.6 Å². The molecule has 0 radical (unpaired) electrons. The highest BCUT2D eigenvalue weighted by molar-refractivity contribution is 5.36. The molecule has 0 unspecified atom stereocenters. The number of aliphatic hydroxyl groups excluding tert-OH is 2. The summed E-state index contributed by atoms with van der Waals surface area (Å²) in [7, 11) is 0. The molecule has 0 heterocycles. The van der Waals surface area contributed by atoms with Crippen LogP contribution in [0.15, 0.2) is 60.7 Å². The third-order valence-corrected chi connectivity index (χ3v) is 3.74.